The quantitative estimate of drug-likeness (QED) is 0.866. The smallest absolute Gasteiger partial charge is 0.257 e. The SMILES string of the molecule is CCc1ncc(C(=O)N2CCCC(c3nccn3C(C)C)C2)cn1. The van der Waals surface area contributed by atoms with E-state index in [1.165, 1.54) is 0 Å². The van der Waals surface area contributed by atoms with Crippen molar-refractivity contribution in [2.45, 2.75) is 52.0 Å². The van der Waals surface area contributed by atoms with E-state index in [2.05, 4.69) is 33.4 Å². The Kier molecular flexibility index (Phi) is 4.92. The van der Waals surface area contributed by atoms with E-state index in [9.17, 15) is 4.79 Å². The third-order valence-electron chi connectivity index (χ3n) is 4.60. The van der Waals surface area contributed by atoms with E-state index in [1.807, 2.05) is 24.2 Å². The molecule has 0 N–H and O–H groups in total. The van der Waals surface area contributed by atoms with Crippen molar-refractivity contribution in [2.24, 2.45) is 0 Å². The maximum absolute atomic E-state index is 12.8. The molecule has 0 aliphatic carbocycles. The Morgan fingerprint density at radius 2 is 2.04 bits per heavy atom. The minimum Gasteiger partial charge on any atom is -0.338 e. The van der Waals surface area contributed by atoms with E-state index >= 15 is 0 Å². The Labute approximate surface area is 142 Å². The molecule has 128 valence electrons. The van der Waals surface area contributed by atoms with Crippen molar-refractivity contribution >= 4 is 5.91 Å². The van der Waals surface area contributed by atoms with E-state index in [0.29, 0.717) is 18.2 Å². The Bertz CT molecular complexity index is 692. The van der Waals surface area contributed by atoms with Crippen LogP contribution < -0.4 is 0 Å². The van der Waals surface area contributed by atoms with Crippen LogP contribution in [0.2, 0.25) is 0 Å². The van der Waals surface area contributed by atoms with E-state index in [1.54, 1.807) is 12.4 Å². The highest BCUT2D eigenvalue weighted by Gasteiger charge is 2.28. The van der Waals surface area contributed by atoms with Crippen molar-refractivity contribution in [3.8, 4) is 0 Å². The lowest BCUT2D eigenvalue weighted by Crippen LogP contribution is -2.40. The molecule has 0 aromatic carbocycles. The molecule has 1 amide bonds. The fraction of sp³-hybridized carbons (Fsp3) is 0.556. The molecule has 1 aliphatic rings. The molecule has 0 bridgehead atoms. The second-order valence-electron chi connectivity index (χ2n) is 6.62. The number of hydrogen-bond donors (Lipinski definition) is 0. The molecular weight excluding hydrogens is 302 g/mol. The topological polar surface area (TPSA) is 63.9 Å². The van der Waals surface area contributed by atoms with Crippen LogP contribution in [0.15, 0.2) is 24.8 Å². The third kappa shape index (κ3) is 3.32. The maximum Gasteiger partial charge on any atom is 0.257 e. The summed E-state index contributed by atoms with van der Waals surface area (Å²) in [5, 5.41) is 0. The molecule has 2 aromatic heterocycles. The largest absolute Gasteiger partial charge is 0.338 e. The van der Waals surface area contributed by atoms with Gasteiger partial charge in [0.05, 0.1) is 5.56 Å². The summed E-state index contributed by atoms with van der Waals surface area (Å²) in [5.74, 6) is 2.16. The summed E-state index contributed by atoms with van der Waals surface area (Å²) in [4.78, 5) is 27.7. The van der Waals surface area contributed by atoms with Gasteiger partial charge >= 0.3 is 0 Å². The van der Waals surface area contributed by atoms with Gasteiger partial charge in [0.2, 0.25) is 0 Å². The minimum atomic E-state index is 0.0185. The zero-order valence-electron chi connectivity index (χ0n) is 14.6. The molecule has 2 aromatic rings. The summed E-state index contributed by atoms with van der Waals surface area (Å²) in [6.07, 6.45) is 10.0. The number of carbonyl (C=O) groups is 1. The Hall–Kier alpha value is -2.24. The minimum absolute atomic E-state index is 0.0185. The molecule has 6 heteroatoms. The van der Waals surface area contributed by atoms with Gasteiger partial charge in [-0.3, -0.25) is 4.79 Å². The number of rotatable bonds is 4. The van der Waals surface area contributed by atoms with Gasteiger partial charge in [0.15, 0.2) is 0 Å². The fourth-order valence-corrected chi connectivity index (χ4v) is 3.28. The van der Waals surface area contributed by atoms with E-state index in [0.717, 1.165) is 37.5 Å². The van der Waals surface area contributed by atoms with Crippen LogP contribution in [0.1, 0.15) is 67.6 Å². The number of aryl methyl sites for hydroxylation is 1. The van der Waals surface area contributed by atoms with Crippen molar-refractivity contribution < 1.29 is 4.79 Å². The average molecular weight is 327 g/mol. The first-order valence-electron chi connectivity index (χ1n) is 8.73. The first kappa shape index (κ1) is 16.6. The Balaban J connectivity index is 1.75. The Morgan fingerprint density at radius 3 is 2.71 bits per heavy atom. The van der Waals surface area contributed by atoms with Crippen LogP contribution in [0.3, 0.4) is 0 Å². The number of likely N-dealkylation sites (tertiary alicyclic amines) is 1. The van der Waals surface area contributed by atoms with Crippen LogP contribution in [0.5, 0.6) is 0 Å². The average Bonchev–Trinajstić information content (AvgIpc) is 3.11. The predicted octanol–water partition coefficient (Wildman–Crippen LogP) is 2.84. The summed E-state index contributed by atoms with van der Waals surface area (Å²) in [5.41, 5.74) is 0.569. The van der Waals surface area contributed by atoms with Gasteiger partial charge in [0, 0.05) is 56.3 Å². The normalized spacial score (nSPS) is 18.2. The third-order valence-corrected chi connectivity index (χ3v) is 4.60. The summed E-state index contributed by atoms with van der Waals surface area (Å²) in [6.45, 7) is 7.81. The highest BCUT2D eigenvalue weighted by molar-refractivity contribution is 5.93. The van der Waals surface area contributed by atoms with Crippen molar-refractivity contribution in [3.05, 3.63) is 42.0 Å². The van der Waals surface area contributed by atoms with E-state index in [4.69, 9.17) is 0 Å². The molecule has 6 nitrogen and oxygen atoms in total. The summed E-state index contributed by atoms with van der Waals surface area (Å²) < 4.78 is 2.21. The Morgan fingerprint density at radius 1 is 1.29 bits per heavy atom. The summed E-state index contributed by atoms with van der Waals surface area (Å²) in [7, 11) is 0. The molecule has 1 saturated heterocycles. The number of piperidine rings is 1. The van der Waals surface area contributed by atoms with E-state index < -0.39 is 0 Å². The highest BCUT2D eigenvalue weighted by atomic mass is 16.2. The second kappa shape index (κ2) is 7.11. The van der Waals surface area contributed by atoms with Crippen molar-refractivity contribution in [2.75, 3.05) is 13.1 Å². The number of carbonyl (C=O) groups excluding carboxylic acids is 1. The lowest BCUT2D eigenvalue weighted by Gasteiger charge is -2.33. The number of imidazole rings is 1. The lowest BCUT2D eigenvalue weighted by atomic mass is 9.96. The van der Waals surface area contributed by atoms with Gasteiger partial charge in [-0.1, -0.05) is 6.92 Å². The summed E-state index contributed by atoms with van der Waals surface area (Å²) >= 11 is 0. The molecule has 0 radical (unpaired) electrons. The zero-order chi connectivity index (χ0) is 17.1. The molecule has 1 fully saturated rings. The molecule has 1 atom stereocenters. The summed E-state index contributed by atoms with van der Waals surface area (Å²) in [6, 6.07) is 0.378. The molecule has 3 heterocycles. The van der Waals surface area contributed by atoms with Gasteiger partial charge < -0.3 is 9.47 Å². The molecular formula is C18H25N5O. The van der Waals surface area contributed by atoms with Crippen LogP contribution in [0.25, 0.3) is 0 Å². The lowest BCUT2D eigenvalue weighted by molar-refractivity contribution is 0.0702. The first-order valence-corrected chi connectivity index (χ1v) is 8.73. The molecule has 1 unspecified atom stereocenters. The van der Waals surface area contributed by atoms with E-state index in [-0.39, 0.29) is 11.8 Å². The van der Waals surface area contributed by atoms with Crippen LogP contribution in [-0.4, -0.2) is 43.4 Å². The van der Waals surface area contributed by atoms with Gasteiger partial charge in [0.25, 0.3) is 5.91 Å². The molecule has 24 heavy (non-hydrogen) atoms. The molecule has 1 aliphatic heterocycles. The van der Waals surface area contributed by atoms with Gasteiger partial charge in [-0.05, 0) is 26.7 Å². The van der Waals surface area contributed by atoms with Gasteiger partial charge in [-0.25, -0.2) is 15.0 Å². The first-order chi connectivity index (χ1) is 11.6. The highest BCUT2D eigenvalue weighted by Crippen LogP contribution is 2.28. The van der Waals surface area contributed by atoms with Crippen molar-refractivity contribution in [1.29, 1.82) is 0 Å². The van der Waals surface area contributed by atoms with Crippen molar-refractivity contribution in [1.82, 2.24) is 24.4 Å². The van der Waals surface area contributed by atoms with Gasteiger partial charge in [0.1, 0.15) is 11.6 Å². The number of aromatic nitrogens is 4. The predicted molar refractivity (Wildman–Crippen MR) is 91.9 cm³/mol. The van der Waals surface area contributed by atoms with Crippen molar-refractivity contribution in [3.63, 3.8) is 0 Å². The van der Waals surface area contributed by atoms with Gasteiger partial charge in [-0.2, -0.15) is 0 Å². The molecule has 0 saturated carbocycles. The van der Waals surface area contributed by atoms with Crippen LogP contribution >= 0.6 is 0 Å². The zero-order valence-corrected chi connectivity index (χ0v) is 14.6. The van der Waals surface area contributed by atoms with Crippen LogP contribution in [0.4, 0.5) is 0 Å². The maximum atomic E-state index is 12.8. The number of amides is 1. The number of nitrogens with zero attached hydrogens (tertiary/aromatic N) is 5. The van der Waals surface area contributed by atoms with Gasteiger partial charge in [-0.15, -0.1) is 0 Å². The molecule has 3 rings (SSSR count). The fourth-order valence-electron chi connectivity index (χ4n) is 3.28. The standard InChI is InChI=1S/C18H25N5O/c1-4-16-20-10-15(11-21-16)18(24)22-8-5-6-14(12-22)17-19-7-9-23(17)13(2)3/h7,9-11,13-14H,4-6,8,12H2,1-3H3. The second-order valence-corrected chi connectivity index (χ2v) is 6.62. The number of hydrogen-bond acceptors (Lipinski definition) is 4. The van der Waals surface area contributed by atoms with Crippen LogP contribution in [-0.2, 0) is 6.42 Å². The molecule has 0 spiro atoms. The van der Waals surface area contributed by atoms with Crippen LogP contribution in [0, 0.1) is 0 Å². The monoisotopic (exact) mass is 327 g/mol.